The van der Waals surface area contributed by atoms with E-state index in [-0.39, 0.29) is 30.1 Å². The highest BCUT2D eigenvalue weighted by molar-refractivity contribution is 5.91. The van der Waals surface area contributed by atoms with Gasteiger partial charge >= 0.3 is 0 Å². The second-order valence-electron chi connectivity index (χ2n) is 6.06. The van der Waals surface area contributed by atoms with E-state index < -0.39 is 48.3 Å². The molecular formula is C19H17F5N4O3. The molecule has 0 aliphatic rings. The van der Waals surface area contributed by atoms with Gasteiger partial charge in [-0.2, -0.15) is 0 Å². The van der Waals surface area contributed by atoms with Crippen LogP contribution in [0.3, 0.4) is 0 Å². The topological polar surface area (TPSA) is 93.2 Å². The number of amides is 2. The Morgan fingerprint density at radius 2 is 1.84 bits per heavy atom. The van der Waals surface area contributed by atoms with Crippen molar-refractivity contribution >= 4 is 11.8 Å². The quantitative estimate of drug-likeness (QED) is 0.549. The third kappa shape index (κ3) is 7.32. The Bertz CT molecular complexity index is 939. The maximum absolute atomic E-state index is 13.5. The van der Waals surface area contributed by atoms with Gasteiger partial charge in [0, 0.05) is 24.7 Å². The molecule has 0 aliphatic heterocycles. The first-order valence-corrected chi connectivity index (χ1v) is 8.73. The number of benzene rings is 1. The summed E-state index contributed by atoms with van der Waals surface area (Å²) in [7, 11) is 0. The number of ether oxygens (including phenoxy) is 1. The number of hydrogen-bond acceptors (Lipinski definition) is 5. The Labute approximate surface area is 173 Å². The summed E-state index contributed by atoms with van der Waals surface area (Å²) >= 11 is 0. The Morgan fingerprint density at radius 1 is 1.10 bits per heavy atom. The Hall–Kier alpha value is -3.57. The minimum Gasteiger partial charge on any atom is -0.484 e. The van der Waals surface area contributed by atoms with Crippen molar-refractivity contribution in [3.63, 3.8) is 0 Å². The zero-order chi connectivity index (χ0) is 23.0. The summed E-state index contributed by atoms with van der Waals surface area (Å²) in [5.74, 6) is -2.54. The SMILES string of the molecule is C=C(CCNC(=O)c1cnc(C(F)F)cn1)NC(=O)COc1ccc(C(F)F)c(F)c1. The van der Waals surface area contributed by atoms with E-state index in [2.05, 4.69) is 27.2 Å². The average Bonchev–Trinajstić information content (AvgIpc) is 2.72. The van der Waals surface area contributed by atoms with E-state index >= 15 is 0 Å². The fraction of sp³-hybridized carbons (Fsp3) is 0.263. The van der Waals surface area contributed by atoms with E-state index in [4.69, 9.17) is 4.74 Å². The van der Waals surface area contributed by atoms with Crippen LogP contribution in [0.1, 0.15) is 41.0 Å². The second-order valence-corrected chi connectivity index (χ2v) is 6.06. The van der Waals surface area contributed by atoms with Crippen LogP contribution in [0.2, 0.25) is 0 Å². The standard InChI is InChI=1S/C19H17F5N4O3/c1-10(4-5-25-19(30)15-8-26-14(7-27-15)18(23)24)28-16(29)9-31-11-2-3-12(17(21)22)13(20)6-11/h2-3,6-8,17-18H,1,4-5,9H2,(H,25,30)(H,28,29). The molecule has 2 rings (SSSR count). The fourth-order valence-electron chi connectivity index (χ4n) is 2.20. The number of alkyl halides is 4. The molecule has 7 nitrogen and oxygen atoms in total. The van der Waals surface area contributed by atoms with E-state index in [0.29, 0.717) is 0 Å². The molecule has 0 unspecified atom stereocenters. The molecule has 0 atom stereocenters. The maximum atomic E-state index is 13.5. The minimum atomic E-state index is -2.97. The molecule has 1 aromatic heterocycles. The summed E-state index contributed by atoms with van der Waals surface area (Å²) in [4.78, 5) is 30.7. The van der Waals surface area contributed by atoms with Gasteiger partial charge < -0.3 is 15.4 Å². The molecule has 12 heteroatoms. The molecule has 1 aromatic carbocycles. The van der Waals surface area contributed by atoms with Gasteiger partial charge in [-0.15, -0.1) is 0 Å². The Balaban J connectivity index is 1.71. The molecule has 0 spiro atoms. The van der Waals surface area contributed by atoms with Crippen molar-refractivity contribution in [3.05, 3.63) is 65.6 Å². The molecular weight excluding hydrogens is 427 g/mol. The summed E-state index contributed by atoms with van der Waals surface area (Å²) in [5, 5.41) is 4.85. The fourth-order valence-corrected chi connectivity index (χ4v) is 2.20. The highest BCUT2D eigenvalue weighted by Gasteiger charge is 2.15. The van der Waals surface area contributed by atoms with Crippen LogP contribution in [0.25, 0.3) is 0 Å². The van der Waals surface area contributed by atoms with Gasteiger partial charge in [-0.3, -0.25) is 14.6 Å². The van der Waals surface area contributed by atoms with Gasteiger partial charge in [-0.05, 0) is 12.1 Å². The predicted molar refractivity (Wildman–Crippen MR) is 98.1 cm³/mol. The van der Waals surface area contributed by atoms with E-state index in [1.54, 1.807) is 0 Å². The lowest BCUT2D eigenvalue weighted by molar-refractivity contribution is -0.122. The number of nitrogens with zero attached hydrogens (tertiary/aromatic N) is 2. The summed E-state index contributed by atoms with van der Waals surface area (Å²) < 4.78 is 68.3. The van der Waals surface area contributed by atoms with E-state index in [0.717, 1.165) is 30.6 Å². The molecule has 2 aromatic rings. The monoisotopic (exact) mass is 444 g/mol. The van der Waals surface area contributed by atoms with Crippen LogP contribution >= 0.6 is 0 Å². The molecule has 31 heavy (non-hydrogen) atoms. The Kier molecular flexibility index (Phi) is 8.41. The summed E-state index contributed by atoms with van der Waals surface area (Å²) in [6, 6.07) is 2.72. The number of halogens is 5. The molecule has 0 aliphatic carbocycles. The number of carbonyl (C=O) groups excluding carboxylic acids is 2. The first kappa shape index (κ1) is 23.7. The maximum Gasteiger partial charge on any atom is 0.281 e. The molecule has 0 saturated heterocycles. The lowest BCUT2D eigenvalue weighted by atomic mass is 10.2. The molecule has 0 saturated carbocycles. The first-order chi connectivity index (χ1) is 14.7. The van der Waals surface area contributed by atoms with Crippen molar-refractivity contribution in [2.45, 2.75) is 19.3 Å². The minimum absolute atomic E-state index is 0.0530. The van der Waals surface area contributed by atoms with Crippen molar-refractivity contribution < 1.29 is 36.3 Å². The van der Waals surface area contributed by atoms with Crippen LogP contribution in [0.15, 0.2) is 42.9 Å². The van der Waals surface area contributed by atoms with Crippen molar-refractivity contribution in [3.8, 4) is 5.75 Å². The zero-order valence-corrected chi connectivity index (χ0v) is 15.9. The smallest absolute Gasteiger partial charge is 0.281 e. The van der Waals surface area contributed by atoms with Gasteiger partial charge in [-0.25, -0.2) is 26.9 Å². The van der Waals surface area contributed by atoms with Crippen LogP contribution in [-0.4, -0.2) is 34.9 Å². The first-order valence-electron chi connectivity index (χ1n) is 8.73. The highest BCUT2D eigenvalue weighted by atomic mass is 19.3. The summed E-state index contributed by atoms with van der Waals surface area (Å²) in [6.45, 7) is 3.13. The molecule has 0 radical (unpaired) electrons. The molecule has 0 fully saturated rings. The van der Waals surface area contributed by atoms with Gasteiger partial charge in [0.25, 0.3) is 24.7 Å². The Morgan fingerprint density at radius 3 is 2.42 bits per heavy atom. The van der Waals surface area contributed by atoms with Crippen LogP contribution in [-0.2, 0) is 4.79 Å². The highest BCUT2D eigenvalue weighted by Crippen LogP contribution is 2.25. The summed E-state index contributed by atoms with van der Waals surface area (Å²) in [5.41, 5.74) is -1.25. The third-order valence-electron chi connectivity index (χ3n) is 3.73. The third-order valence-corrected chi connectivity index (χ3v) is 3.73. The van der Waals surface area contributed by atoms with Gasteiger partial charge in [-0.1, -0.05) is 6.58 Å². The van der Waals surface area contributed by atoms with Gasteiger partial charge in [0.15, 0.2) is 6.61 Å². The number of nitrogens with one attached hydrogen (secondary N) is 2. The lowest BCUT2D eigenvalue weighted by Gasteiger charge is -2.11. The number of carbonyl (C=O) groups is 2. The molecule has 2 amide bonds. The van der Waals surface area contributed by atoms with Crippen molar-refractivity contribution in [2.24, 2.45) is 0 Å². The van der Waals surface area contributed by atoms with Crippen LogP contribution in [0, 0.1) is 5.82 Å². The normalized spacial score (nSPS) is 10.8. The van der Waals surface area contributed by atoms with Gasteiger partial charge in [0.1, 0.15) is 23.0 Å². The molecule has 166 valence electrons. The van der Waals surface area contributed by atoms with Crippen LogP contribution < -0.4 is 15.4 Å². The predicted octanol–water partition coefficient (Wildman–Crippen LogP) is 3.32. The second kappa shape index (κ2) is 11.0. The van der Waals surface area contributed by atoms with E-state index in [1.165, 1.54) is 0 Å². The van der Waals surface area contributed by atoms with E-state index in [1.807, 2.05) is 0 Å². The number of rotatable bonds is 10. The van der Waals surface area contributed by atoms with Crippen molar-refractivity contribution in [1.29, 1.82) is 0 Å². The van der Waals surface area contributed by atoms with Crippen molar-refractivity contribution in [2.75, 3.05) is 13.2 Å². The van der Waals surface area contributed by atoms with Crippen LogP contribution in [0.5, 0.6) is 5.75 Å². The van der Waals surface area contributed by atoms with Gasteiger partial charge in [0.05, 0.1) is 18.0 Å². The largest absolute Gasteiger partial charge is 0.484 e. The number of aromatic nitrogens is 2. The lowest BCUT2D eigenvalue weighted by Crippen LogP contribution is -2.31. The average molecular weight is 444 g/mol. The molecule has 0 bridgehead atoms. The van der Waals surface area contributed by atoms with Gasteiger partial charge in [0.2, 0.25) is 0 Å². The van der Waals surface area contributed by atoms with E-state index in [9.17, 15) is 31.5 Å². The summed E-state index contributed by atoms with van der Waals surface area (Å²) in [6.07, 6.45) is -3.91. The molecule has 1 heterocycles. The van der Waals surface area contributed by atoms with Crippen LogP contribution in [0.4, 0.5) is 22.0 Å². The number of hydrogen-bond donors (Lipinski definition) is 2. The molecule has 2 N–H and O–H groups in total. The zero-order valence-electron chi connectivity index (χ0n) is 15.9. The van der Waals surface area contributed by atoms with Crippen molar-refractivity contribution in [1.82, 2.24) is 20.6 Å².